The number of fused-ring (bicyclic) bond motifs is 5. The van der Waals surface area contributed by atoms with Crippen molar-refractivity contribution in [3.63, 3.8) is 0 Å². The van der Waals surface area contributed by atoms with Gasteiger partial charge in [0.25, 0.3) is 0 Å². The number of hydrogen-bond acceptors (Lipinski definition) is 2. The summed E-state index contributed by atoms with van der Waals surface area (Å²) >= 11 is 0. The van der Waals surface area contributed by atoms with Crippen molar-refractivity contribution in [3.8, 4) is 0 Å². The van der Waals surface area contributed by atoms with Crippen LogP contribution in [0.2, 0.25) is 0 Å². The fraction of sp³-hybridized carbons (Fsp3) is 0.438. The molecule has 1 saturated heterocycles. The van der Waals surface area contributed by atoms with E-state index in [9.17, 15) is 9.90 Å². The molecule has 1 aromatic rings. The Hall–Kier alpha value is -1.61. The minimum absolute atomic E-state index is 0.00962. The highest BCUT2D eigenvalue weighted by molar-refractivity contribution is 5.99. The van der Waals surface area contributed by atoms with E-state index in [0.29, 0.717) is 11.8 Å². The molecule has 1 aromatic carbocycles. The molecule has 2 aliphatic carbocycles. The van der Waals surface area contributed by atoms with Gasteiger partial charge < -0.3 is 5.11 Å². The zero-order valence-corrected chi connectivity index (χ0v) is 10.9. The Balaban J connectivity index is 1.77. The van der Waals surface area contributed by atoms with Crippen LogP contribution in [0.5, 0.6) is 0 Å². The van der Waals surface area contributed by atoms with E-state index in [0.717, 1.165) is 17.7 Å². The van der Waals surface area contributed by atoms with Crippen LogP contribution in [-0.2, 0) is 4.79 Å². The summed E-state index contributed by atoms with van der Waals surface area (Å²) in [6.45, 7) is 1.98. The molecule has 19 heavy (non-hydrogen) atoms. The number of aliphatic hydroxyl groups is 1. The largest absolute Gasteiger partial charge is 0.373 e. The maximum atomic E-state index is 12.7. The lowest BCUT2D eigenvalue weighted by Gasteiger charge is -2.26. The van der Waals surface area contributed by atoms with Crippen molar-refractivity contribution in [1.29, 1.82) is 0 Å². The van der Waals surface area contributed by atoms with E-state index in [1.165, 1.54) is 0 Å². The van der Waals surface area contributed by atoms with E-state index in [4.69, 9.17) is 0 Å². The summed E-state index contributed by atoms with van der Waals surface area (Å²) in [5.74, 6) is 0.893. The summed E-state index contributed by atoms with van der Waals surface area (Å²) in [5.41, 5.74) is 1.89. The van der Waals surface area contributed by atoms with Crippen LogP contribution in [0.15, 0.2) is 36.4 Å². The fourth-order valence-electron chi connectivity index (χ4n) is 4.17. The molecule has 0 aromatic heterocycles. The number of aryl methyl sites for hydroxylation is 1. The molecule has 0 radical (unpaired) electrons. The first kappa shape index (κ1) is 11.2. The minimum atomic E-state index is -0.668. The number of carbonyl (C=O) groups excluding carboxylic acids is 1. The Bertz CT molecular complexity index is 580. The third-order valence-corrected chi connectivity index (χ3v) is 5.03. The van der Waals surface area contributed by atoms with Crippen LogP contribution in [0.1, 0.15) is 12.0 Å². The van der Waals surface area contributed by atoms with Crippen LogP contribution in [0.4, 0.5) is 5.69 Å². The van der Waals surface area contributed by atoms with Crippen molar-refractivity contribution in [1.82, 2.24) is 0 Å². The van der Waals surface area contributed by atoms with Crippen LogP contribution in [0.25, 0.3) is 0 Å². The lowest BCUT2D eigenvalue weighted by atomic mass is 9.85. The normalized spacial score (nSPS) is 39.2. The van der Waals surface area contributed by atoms with Crippen LogP contribution < -0.4 is 4.90 Å². The Morgan fingerprint density at radius 1 is 1.21 bits per heavy atom. The van der Waals surface area contributed by atoms with Gasteiger partial charge in [-0.2, -0.15) is 0 Å². The van der Waals surface area contributed by atoms with E-state index in [1.807, 2.05) is 31.2 Å². The standard InChI is InChI=1S/C16H17NO2/c1-9-4-2-3-5-12(9)17-15(18)13-10-6-7-11(8-10)14(13)16(17)19/h2-7,10-11,13-15,18H,8H2,1H3/t10-,11-,13-,14+,15-/m0/s1. The molecule has 3 heteroatoms. The number of nitrogens with zero attached hydrogens (tertiary/aromatic N) is 1. The Morgan fingerprint density at radius 3 is 2.68 bits per heavy atom. The molecule has 4 rings (SSSR count). The molecule has 5 atom stereocenters. The molecule has 1 N–H and O–H groups in total. The Labute approximate surface area is 112 Å². The van der Waals surface area contributed by atoms with E-state index < -0.39 is 6.23 Å². The number of benzene rings is 1. The average molecular weight is 255 g/mol. The summed E-state index contributed by atoms with van der Waals surface area (Å²) in [6, 6.07) is 7.78. The van der Waals surface area contributed by atoms with E-state index >= 15 is 0 Å². The van der Waals surface area contributed by atoms with Crippen LogP contribution in [0, 0.1) is 30.6 Å². The zero-order valence-electron chi connectivity index (χ0n) is 10.9. The molecule has 1 aliphatic heterocycles. The second-order valence-electron chi connectivity index (χ2n) is 5.96. The van der Waals surface area contributed by atoms with Gasteiger partial charge in [-0.3, -0.25) is 9.69 Å². The predicted molar refractivity (Wildman–Crippen MR) is 72.4 cm³/mol. The minimum Gasteiger partial charge on any atom is -0.373 e. The summed E-state index contributed by atoms with van der Waals surface area (Å²) in [6.07, 6.45) is 4.72. The molecule has 0 spiro atoms. The predicted octanol–water partition coefficient (Wildman–Crippen LogP) is 2.10. The first-order valence-corrected chi connectivity index (χ1v) is 6.93. The highest BCUT2D eigenvalue weighted by Gasteiger charge is 2.59. The fourth-order valence-corrected chi connectivity index (χ4v) is 4.17. The smallest absolute Gasteiger partial charge is 0.233 e. The van der Waals surface area contributed by atoms with E-state index in [2.05, 4.69) is 12.2 Å². The second-order valence-corrected chi connectivity index (χ2v) is 5.96. The van der Waals surface area contributed by atoms with Crippen molar-refractivity contribution < 1.29 is 9.90 Å². The number of rotatable bonds is 1. The average Bonchev–Trinajstić information content (AvgIpc) is 3.06. The molecule has 1 saturated carbocycles. The first-order valence-electron chi connectivity index (χ1n) is 6.93. The zero-order chi connectivity index (χ0) is 13.1. The van der Waals surface area contributed by atoms with Gasteiger partial charge in [-0.05, 0) is 36.8 Å². The topological polar surface area (TPSA) is 40.5 Å². The van der Waals surface area contributed by atoms with Crippen molar-refractivity contribution in [2.24, 2.45) is 23.7 Å². The molecule has 2 fully saturated rings. The lowest BCUT2D eigenvalue weighted by Crippen LogP contribution is -2.37. The number of amides is 1. The number of hydrogen-bond donors (Lipinski definition) is 1. The number of anilines is 1. The Morgan fingerprint density at radius 2 is 1.95 bits per heavy atom. The molecule has 98 valence electrons. The van der Waals surface area contributed by atoms with Crippen LogP contribution >= 0.6 is 0 Å². The summed E-state index contributed by atoms with van der Waals surface area (Å²) in [4.78, 5) is 14.3. The van der Waals surface area contributed by atoms with E-state index in [-0.39, 0.29) is 17.7 Å². The Kier molecular flexibility index (Phi) is 2.19. The van der Waals surface area contributed by atoms with Gasteiger partial charge in [-0.1, -0.05) is 30.4 Å². The number of allylic oxidation sites excluding steroid dienone is 2. The maximum absolute atomic E-state index is 12.7. The first-order chi connectivity index (χ1) is 9.18. The summed E-state index contributed by atoms with van der Waals surface area (Å²) in [5, 5.41) is 10.6. The molecule has 3 nitrogen and oxygen atoms in total. The van der Waals surface area contributed by atoms with Crippen molar-refractivity contribution in [3.05, 3.63) is 42.0 Å². The van der Waals surface area contributed by atoms with Crippen molar-refractivity contribution >= 4 is 11.6 Å². The van der Waals surface area contributed by atoms with Gasteiger partial charge in [0.15, 0.2) is 0 Å². The van der Waals surface area contributed by atoms with Crippen molar-refractivity contribution in [2.75, 3.05) is 4.90 Å². The number of para-hydroxylation sites is 1. The summed E-state index contributed by atoms with van der Waals surface area (Å²) < 4.78 is 0. The molecule has 2 bridgehead atoms. The van der Waals surface area contributed by atoms with Gasteiger partial charge in [0.05, 0.1) is 5.92 Å². The number of carbonyl (C=O) groups is 1. The maximum Gasteiger partial charge on any atom is 0.233 e. The molecule has 3 aliphatic rings. The molecule has 1 amide bonds. The van der Waals surface area contributed by atoms with Crippen LogP contribution in [-0.4, -0.2) is 17.2 Å². The van der Waals surface area contributed by atoms with Gasteiger partial charge >= 0.3 is 0 Å². The second kappa shape index (κ2) is 3.70. The van der Waals surface area contributed by atoms with E-state index in [1.54, 1.807) is 4.90 Å². The van der Waals surface area contributed by atoms with Gasteiger partial charge in [0.2, 0.25) is 5.91 Å². The number of aliphatic hydroxyl groups excluding tert-OH is 1. The molecular formula is C16H17NO2. The van der Waals surface area contributed by atoms with Crippen molar-refractivity contribution in [2.45, 2.75) is 19.6 Å². The molecule has 1 heterocycles. The van der Waals surface area contributed by atoms with Gasteiger partial charge in [-0.25, -0.2) is 0 Å². The highest BCUT2D eigenvalue weighted by Crippen LogP contribution is 2.54. The van der Waals surface area contributed by atoms with Gasteiger partial charge in [0, 0.05) is 11.6 Å². The molecular weight excluding hydrogens is 238 g/mol. The SMILES string of the molecule is Cc1ccccc1N1C(=O)[C@H]2[C@H]([C@H]3C=C[C@H]2C3)[C@@H]1O. The molecule has 0 unspecified atom stereocenters. The third-order valence-electron chi connectivity index (χ3n) is 5.03. The third kappa shape index (κ3) is 1.34. The highest BCUT2D eigenvalue weighted by atomic mass is 16.3. The summed E-state index contributed by atoms with van der Waals surface area (Å²) in [7, 11) is 0. The quantitative estimate of drug-likeness (QED) is 0.781. The van der Waals surface area contributed by atoms with Gasteiger partial charge in [-0.15, -0.1) is 0 Å². The van der Waals surface area contributed by atoms with Gasteiger partial charge in [0.1, 0.15) is 6.23 Å². The van der Waals surface area contributed by atoms with Crippen LogP contribution in [0.3, 0.4) is 0 Å². The lowest BCUT2D eigenvalue weighted by molar-refractivity contribution is -0.121. The monoisotopic (exact) mass is 255 g/mol.